The van der Waals surface area contributed by atoms with Crippen LogP contribution in [0.5, 0.6) is 0 Å². The molecule has 36 heavy (non-hydrogen) atoms. The Labute approximate surface area is 208 Å². The van der Waals surface area contributed by atoms with Crippen molar-refractivity contribution in [1.29, 1.82) is 0 Å². The first kappa shape index (κ1) is 28.8. The van der Waals surface area contributed by atoms with E-state index in [-0.39, 0.29) is 0 Å². The third kappa shape index (κ3) is 5.70. The highest BCUT2D eigenvalue weighted by molar-refractivity contribution is 5.70. The van der Waals surface area contributed by atoms with Crippen molar-refractivity contribution in [2.45, 2.75) is 114 Å². The van der Waals surface area contributed by atoms with Crippen LogP contribution in [0.2, 0.25) is 0 Å². The lowest BCUT2D eigenvalue weighted by atomic mass is 9.90. The third-order valence-corrected chi connectivity index (χ3v) is 6.12. The van der Waals surface area contributed by atoms with Crippen LogP contribution in [0.4, 0.5) is 9.59 Å². The normalized spacial score (nSPS) is 39.9. The third-order valence-electron chi connectivity index (χ3n) is 6.12. The molecule has 3 fully saturated rings. The van der Waals surface area contributed by atoms with Gasteiger partial charge in [0, 0.05) is 0 Å². The lowest BCUT2D eigenvalue weighted by Crippen LogP contribution is -2.74. The summed E-state index contributed by atoms with van der Waals surface area (Å²) < 4.78 is 22.3. The van der Waals surface area contributed by atoms with Gasteiger partial charge in [-0.05, 0) is 41.5 Å². The molecule has 3 rings (SSSR count). The van der Waals surface area contributed by atoms with Crippen LogP contribution in [-0.2, 0) is 18.9 Å². The van der Waals surface area contributed by atoms with Gasteiger partial charge >= 0.3 is 12.2 Å². The molecule has 3 aliphatic heterocycles. The number of aliphatic hydroxyl groups is 6. The van der Waals surface area contributed by atoms with Crippen LogP contribution in [0.1, 0.15) is 41.5 Å². The monoisotopic (exact) mass is 522 g/mol. The van der Waals surface area contributed by atoms with Gasteiger partial charge in [-0.25, -0.2) is 9.59 Å². The van der Waals surface area contributed by atoms with Gasteiger partial charge in [-0.2, -0.15) is 0 Å². The number of piperidine rings is 2. The van der Waals surface area contributed by atoms with Crippen molar-refractivity contribution in [3.63, 3.8) is 0 Å². The average molecular weight is 523 g/mol. The van der Waals surface area contributed by atoms with Crippen molar-refractivity contribution >= 4 is 12.2 Å². The van der Waals surface area contributed by atoms with Gasteiger partial charge in [-0.1, -0.05) is 0 Å². The van der Waals surface area contributed by atoms with Crippen molar-refractivity contribution in [2.24, 2.45) is 0 Å². The molecule has 14 heteroatoms. The number of rotatable bonds is 0. The van der Waals surface area contributed by atoms with E-state index in [1.54, 1.807) is 41.5 Å². The minimum absolute atomic E-state index is 0.583. The fraction of sp³-hybridized carbons (Fsp3) is 0.909. The van der Waals surface area contributed by atoms with E-state index in [0.717, 1.165) is 9.80 Å². The standard InChI is InChI=1S/C22H38N2O12/c1-21(2,3)35-19(31)23-9-7-34-18-16(30)14(28)12(26)10(24(18)20(32)36-22(4,5)6)8-33-17(23)15(29)13(27)11(9)25/h9-18,25-30H,7-8H2,1-6H3/t9-,10-,11-,12-,13+,14+,15-,16-,17-,18-/m1/s1. The SMILES string of the molecule is CC(C)(C)OC(=O)N1[C@@H]2CO[C@@H]3[C@H](O)[C@@H](O)[C@H](O)[C@@H](CO[C@@H]1[C@H](O)[C@@H](O)[C@@H]2O)N3C(=O)OC(C)(C)C. The molecule has 0 unspecified atom stereocenters. The van der Waals surface area contributed by atoms with Gasteiger partial charge < -0.3 is 49.6 Å². The highest BCUT2D eigenvalue weighted by Crippen LogP contribution is 2.34. The molecule has 0 aliphatic carbocycles. The van der Waals surface area contributed by atoms with E-state index in [0.29, 0.717) is 0 Å². The number of hydrogen-bond donors (Lipinski definition) is 6. The van der Waals surface area contributed by atoms with Crippen LogP contribution in [0.15, 0.2) is 0 Å². The van der Waals surface area contributed by atoms with Gasteiger partial charge in [-0.15, -0.1) is 0 Å². The first-order chi connectivity index (χ1) is 16.4. The molecule has 0 aromatic heterocycles. The molecule has 0 spiro atoms. The first-order valence-electron chi connectivity index (χ1n) is 11.8. The quantitative estimate of drug-likeness (QED) is 0.207. The lowest BCUT2D eigenvalue weighted by Gasteiger charge is -2.53. The number of fused-ring (bicyclic) bond motifs is 4. The second-order valence-corrected chi connectivity index (χ2v) is 11.3. The number of aliphatic hydroxyl groups excluding tert-OH is 6. The molecule has 208 valence electrons. The number of hydrogen-bond acceptors (Lipinski definition) is 12. The van der Waals surface area contributed by atoms with E-state index in [9.17, 15) is 40.2 Å². The molecule has 3 heterocycles. The van der Waals surface area contributed by atoms with E-state index >= 15 is 0 Å². The maximum atomic E-state index is 13.1. The minimum Gasteiger partial charge on any atom is -0.444 e. The van der Waals surface area contributed by atoms with Gasteiger partial charge in [0.25, 0.3) is 0 Å². The van der Waals surface area contributed by atoms with E-state index in [4.69, 9.17) is 18.9 Å². The van der Waals surface area contributed by atoms with Crippen molar-refractivity contribution in [2.75, 3.05) is 13.2 Å². The topological polar surface area (TPSA) is 199 Å². The Balaban J connectivity index is 2.04. The molecule has 2 amide bonds. The molecule has 6 N–H and O–H groups in total. The van der Waals surface area contributed by atoms with Crippen LogP contribution >= 0.6 is 0 Å². The van der Waals surface area contributed by atoms with Gasteiger partial charge in [-0.3, -0.25) is 9.80 Å². The van der Waals surface area contributed by atoms with Crippen molar-refractivity contribution in [3.8, 4) is 0 Å². The highest BCUT2D eigenvalue weighted by Gasteiger charge is 2.57. The predicted octanol–water partition coefficient (Wildman–Crippen LogP) is -1.91. The summed E-state index contributed by atoms with van der Waals surface area (Å²) >= 11 is 0. The number of amides is 2. The molecule has 14 nitrogen and oxygen atoms in total. The summed E-state index contributed by atoms with van der Waals surface area (Å²) in [5.74, 6) is 0. The summed E-state index contributed by atoms with van der Waals surface area (Å²) in [4.78, 5) is 28.0. The predicted molar refractivity (Wildman–Crippen MR) is 119 cm³/mol. The van der Waals surface area contributed by atoms with Crippen LogP contribution in [0.3, 0.4) is 0 Å². The Morgan fingerprint density at radius 1 is 0.611 bits per heavy atom. The summed E-state index contributed by atoms with van der Waals surface area (Å²) in [6.07, 6.45) is -15.7. The molecule has 3 saturated heterocycles. The van der Waals surface area contributed by atoms with Crippen molar-refractivity contribution in [1.82, 2.24) is 9.80 Å². The maximum Gasteiger partial charge on any atom is 0.412 e. The van der Waals surface area contributed by atoms with Crippen LogP contribution in [-0.4, -0.2) is 138 Å². The zero-order valence-corrected chi connectivity index (χ0v) is 21.2. The van der Waals surface area contributed by atoms with E-state index in [1.165, 1.54) is 0 Å². The summed E-state index contributed by atoms with van der Waals surface area (Å²) in [6.45, 7) is 8.49. The average Bonchev–Trinajstić information content (AvgIpc) is 2.73. The summed E-state index contributed by atoms with van der Waals surface area (Å²) in [6, 6.07) is -2.70. The molecule has 0 aromatic rings. The van der Waals surface area contributed by atoms with Crippen LogP contribution < -0.4 is 0 Å². The number of ether oxygens (including phenoxy) is 4. The maximum absolute atomic E-state index is 13.1. The van der Waals surface area contributed by atoms with Gasteiger partial charge in [0.1, 0.15) is 47.8 Å². The van der Waals surface area contributed by atoms with Crippen LogP contribution in [0.25, 0.3) is 0 Å². The fourth-order valence-electron chi connectivity index (χ4n) is 4.45. The van der Waals surface area contributed by atoms with E-state index in [2.05, 4.69) is 0 Å². The van der Waals surface area contributed by atoms with Gasteiger partial charge in [0.2, 0.25) is 0 Å². The minimum atomic E-state index is -1.80. The highest BCUT2D eigenvalue weighted by atomic mass is 16.6. The van der Waals surface area contributed by atoms with Crippen molar-refractivity contribution in [3.05, 3.63) is 0 Å². The first-order valence-corrected chi connectivity index (χ1v) is 11.8. The Kier molecular flexibility index (Phi) is 8.14. The second-order valence-electron chi connectivity index (χ2n) is 11.3. The number of nitrogens with zero attached hydrogens (tertiary/aromatic N) is 2. The summed E-state index contributed by atoms with van der Waals surface area (Å²) in [5, 5.41) is 63.7. The molecular weight excluding hydrogens is 484 g/mol. The molecule has 0 saturated carbocycles. The Morgan fingerprint density at radius 3 is 1.19 bits per heavy atom. The Hall–Kier alpha value is -1.78. The molecule has 3 aliphatic rings. The largest absolute Gasteiger partial charge is 0.444 e. The second kappa shape index (κ2) is 10.2. The smallest absolute Gasteiger partial charge is 0.412 e. The molecule has 4 bridgehead atoms. The van der Waals surface area contributed by atoms with Crippen LogP contribution in [0, 0.1) is 0 Å². The van der Waals surface area contributed by atoms with E-state index < -0.39 is 97.8 Å². The fourth-order valence-corrected chi connectivity index (χ4v) is 4.45. The zero-order valence-electron chi connectivity index (χ0n) is 21.2. The van der Waals surface area contributed by atoms with E-state index in [1.807, 2.05) is 0 Å². The molecule has 10 atom stereocenters. The summed E-state index contributed by atoms with van der Waals surface area (Å²) in [5.41, 5.74) is -1.92. The Bertz CT molecular complexity index is 712. The molecule has 0 radical (unpaired) electrons. The van der Waals surface area contributed by atoms with Crippen molar-refractivity contribution < 1.29 is 59.2 Å². The zero-order chi connectivity index (χ0) is 27.3. The number of carbonyl (C=O) groups is 2. The van der Waals surface area contributed by atoms with Gasteiger partial charge in [0.15, 0.2) is 12.5 Å². The van der Waals surface area contributed by atoms with Gasteiger partial charge in [0.05, 0.1) is 25.3 Å². The lowest BCUT2D eigenvalue weighted by molar-refractivity contribution is -0.280. The summed E-state index contributed by atoms with van der Waals surface area (Å²) in [7, 11) is 0. The number of carbonyl (C=O) groups excluding carboxylic acids is 2. The molecular formula is C22H38N2O12. The Morgan fingerprint density at radius 2 is 0.917 bits per heavy atom. The molecule has 0 aromatic carbocycles.